The van der Waals surface area contributed by atoms with Crippen LogP contribution in [0.5, 0.6) is 0 Å². The molecule has 0 N–H and O–H groups in total. The second-order valence-electron chi connectivity index (χ2n) is 4.65. The summed E-state index contributed by atoms with van der Waals surface area (Å²) in [6.45, 7) is 0.804. The molecule has 1 unspecified atom stereocenters. The van der Waals surface area contributed by atoms with Crippen LogP contribution in [0.3, 0.4) is 0 Å². The Morgan fingerprint density at radius 3 is 2.53 bits per heavy atom. The van der Waals surface area contributed by atoms with Crippen molar-refractivity contribution in [1.82, 2.24) is 0 Å². The minimum Gasteiger partial charge on any atom is -0.373 e. The maximum atomic E-state index is 12.8. The van der Waals surface area contributed by atoms with E-state index in [4.69, 9.17) is 4.74 Å². The fourth-order valence-corrected chi connectivity index (χ4v) is 2.63. The van der Waals surface area contributed by atoms with Gasteiger partial charge < -0.3 is 4.74 Å². The molecule has 1 aromatic rings. The van der Waals surface area contributed by atoms with Crippen LogP contribution in [-0.4, -0.2) is 11.9 Å². The third-order valence-electron chi connectivity index (χ3n) is 3.45. The number of alkyl halides is 1. The van der Waals surface area contributed by atoms with Gasteiger partial charge in [-0.05, 0) is 30.0 Å². The first-order valence-electron chi connectivity index (χ1n) is 6.22. The summed E-state index contributed by atoms with van der Waals surface area (Å²) in [5, 5.41) is 0.753. The Morgan fingerprint density at radius 2 is 2.00 bits per heavy atom. The summed E-state index contributed by atoms with van der Waals surface area (Å²) in [6, 6.07) is 6.57. The van der Waals surface area contributed by atoms with Crippen LogP contribution in [-0.2, 0) is 4.74 Å². The van der Waals surface area contributed by atoms with Crippen molar-refractivity contribution in [2.24, 2.45) is 5.92 Å². The molecule has 1 aliphatic rings. The largest absolute Gasteiger partial charge is 0.373 e. The summed E-state index contributed by atoms with van der Waals surface area (Å²) in [5.41, 5.74) is 1.04. The van der Waals surface area contributed by atoms with Crippen molar-refractivity contribution in [3.05, 3.63) is 35.6 Å². The summed E-state index contributed by atoms with van der Waals surface area (Å²) in [5.74, 6) is 0.677. The molecule has 17 heavy (non-hydrogen) atoms. The first-order chi connectivity index (χ1) is 8.29. The fourth-order valence-electron chi connectivity index (χ4n) is 2.07. The van der Waals surface area contributed by atoms with Crippen LogP contribution in [0.1, 0.15) is 37.4 Å². The number of hydrogen-bond acceptors (Lipinski definition) is 1. The van der Waals surface area contributed by atoms with E-state index in [1.807, 2.05) is 0 Å². The smallest absolute Gasteiger partial charge is 0.123 e. The molecule has 0 spiro atoms. The lowest BCUT2D eigenvalue weighted by atomic mass is 9.83. The monoisotopic (exact) mass is 300 g/mol. The van der Waals surface area contributed by atoms with Crippen LogP contribution in [0.15, 0.2) is 24.3 Å². The molecule has 0 bridgehead atoms. The fraction of sp³-hybridized carbons (Fsp3) is 0.571. The summed E-state index contributed by atoms with van der Waals surface area (Å²) in [4.78, 5) is 0. The molecule has 2 rings (SSSR count). The van der Waals surface area contributed by atoms with E-state index in [1.54, 1.807) is 12.1 Å². The molecule has 1 saturated carbocycles. The Morgan fingerprint density at radius 1 is 1.29 bits per heavy atom. The number of ether oxygens (including phenoxy) is 1. The SMILES string of the molecule is Fc1ccc(C(CBr)OCCC2CCC2)cc1. The zero-order valence-electron chi connectivity index (χ0n) is 9.87. The van der Waals surface area contributed by atoms with Crippen molar-refractivity contribution in [3.63, 3.8) is 0 Å². The highest BCUT2D eigenvalue weighted by Gasteiger charge is 2.18. The van der Waals surface area contributed by atoms with Gasteiger partial charge in [0.1, 0.15) is 5.82 Å². The zero-order valence-corrected chi connectivity index (χ0v) is 11.5. The molecule has 94 valence electrons. The molecule has 1 fully saturated rings. The maximum absolute atomic E-state index is 12.8. The van der Waals surface area contributed by atoms with E-state index in [1.165, 1.54) is 31.4 Å². The van der Waals surface area contributed by atoms with Crippen LogP contribution in [0.4, 0.5) is 4.39 Å². The van der Waals surface area contributed by atoms with E-state index >= 15 is 0 Å². The lowest BCUT2D eigenvalue weighted by Gasteiger charge is -2.26. The average molecular weight is 301 g/mol. The van der Waals surface area contributed by atoms with Crippen LogP contribution in [0, 0.1) is 11.7 Å². The van der Waals surface area contributed by atoms with Crippen LogP contribution in [0.2, 0.25) is 0 Å². The van der Waals surface area contributed by atoms with Gasteiger partial charge >= 0.3 is 0 Å². The lowest BCUT2D eigenvalue weighted by Crippen LogP contribution is -2.15. The predicted octanol–water partition coefficient (Wildman–Crippen LogP) is 4.47. The second-order valence-corrected chi connectivity index (χ2v) is 5.30. The van der Waals surface area contributed by atoms with E-state index < -0.39 is 0 Å². The summed E-state index contributed by atoms with van der Waals surface area (Å²) in [6.07, 6.45) is 5.29. The van der Waals surface area contributed by atoms with E-state index in [0.29, 0.717) is 0 Å². The highest BCUT2D eigenvalue weighted by Crippen LogP contribution is 2.30. The third kappa shape index (κ3) is 3.78. The van der Waals surface area contributed by atoms with Gasteiger partial charge in [-0.1, -0.05) is 47.3 Å². The van der Waals surface area contributed by atoms with E-state index in [2.05, 4.69) is 15.9 Å². The molecule has 0 aromatic heterocycles. The molecule has 3 heteroatoms. The van der Waals surface area contributed by atoms with Crippen molar-refractivity contribution in [2.75, 3.05) is 11.9 Å². The highest BCUT2D eigenvalue weighted by atomic mass is 79.9. The Labute approximate surface area is 110 Å². The van der Waals surface area contributed by atoms with Crippen LogP contribution in [0.25, 0.3) is 0 Å². The molecule has 0 heterocycles. The maximum Gasteiger partial charge on any atom is 0.123 e. The van der Waals surface area contributed by atoms with Gasteiger partial charge in [0.05, 0.1) is 6.10 Å². The minimum atomic E-state index is -0.198. The molecule has 0 amide bonds. The van der Waals surface area contributed by atoms with Crippen LogP contribution >= 0.6 is 15.9 Å². The Balaban J connectivity index is 1.80. The third-order valence-corrected chi connectivity index (χ3v) is 4.04. The van der Waals surface area contributed by atoms with Crippen molar-refractivity contribution < 1.29 is 9.13 Å². The van der Waals surface area contributed by atoms with Gasteiger partial charge in [0.15, 0.2) is 0 Å². The molecular weight excluding hydrogens is 283 g/mol. The van der Waals surface area contributed by atoms with Gasteiger partial charge in [-0.2, -0.15) is 0 Å². The Kier molecular flexibility index (Phi) is 4.99. The van der Waals surface area contributed by atoms with Gasteiger partial charge in [0.25, 0.3) is 0 Å². The van der Waals surface area contributed by atoms with Gasteiger partial charge in [-0.15, -0.1) is 0 Å². The van der Waals surface area contributed by atoms with E-state index in [-0.39, 0.29) is 11.9 Å². The van der Waals surface area contributed by atoms with Gasteiger partial charge in [0.2, 0.25) is 0 Å². The van der Waals surface area contributed by atoms with Crippen molar-refractivity contribution in [2.45, 2.75) is 31.8 Å². The van der Waals surface area contributed by atoms with Crippen molar-refractivity contribution >= 4 is 15.9 Å². The van der Waals surface area contributed by atoms with Gasteiger partial charge in [-0.3, -0.25) is 0 Å². The second kappa shape index (κ2) is 6.50. The van der Waals surface area contributed by atoms with Crippen molar-refractivity contribution in [3.8, 4) is 0 Å². The highest BCUT2D eigenvalue weighted by molar-refractivity contribution is 9.09. The van der Waals surface area contributed by atoms with Crippen LogP contribution < -0.4 is 0 Å². The molecule has 1 atom stereocenters. The van der Waals surface area contributed by atoms with E-state index in [9.17, 15) is 4.39 Å². The molecule has 0 saturated heterocycles. The molecule has 1 aliphatic carbocycles. The summed E-state index contributed by atoms with van der Waals surface area (Å²) < 4.78 is 18.7. The quantitative estimate of drug-likeness (QED) is 0.704. The molecular formula is C14H18BrFO. The lowest BCUT2D eigenvalue weighted by molar-refractivity contribution is 0.0520. The van der Waals surface area contributed by atoms with E-state index in [0.717, 1.165) is 29.8 Å². The Bertz CT molecular complexity index is 335. The summed E-state index contributed by atoms with van der Waals surface area (Å²) in [7, 11) is 0. The van der Waals surface area contributed by atoms with Gasteiger partial charge in [0, 0.05) is 11.9 Å². The number of hydrogen-bond donors (Lipinski definition) is 0. The van der Waals surface area contributed by atoms with Gasteiger partial charge in [-0.25, -0.2) is 4.39 Å². The normalized spacial score (nSPS) is 17.8. The number of benzene rings is 1. The Hall–Kier alpha value is -0.410. The predicted molar refractivity (Wildman–Crippen MR) is 70.8 cm³/mol. The van der Waals surface area contributed by atoms with Crippen molar-refractivity contribution in [1.29, 1.82) is 0 Å². The standard InChI is InChI=1S/C14H18BrFO/c15-10-14(12-4-6-13(16)7-5-12)17-9-8-11-2-1-3-11/h4-7,11,14H,1-3,8-10H2. The topological polar surface area (TPSA) is 9.23 Å². The average Bonchev–Trinajstić information content (AvgIpc) is 2.29. The zero-order chi connectivity index (χ0) is 12.1. The molecule has 0 aliphatic heterocycles. The minimum absolute atomic E-state index is 0.0377. The summed E-state index contributed by atoms with van der Waals surface area (Å²) >= 11 is 3.45. The molecule has 1 nitrogen and oxygen atoms in total. The number of rotatable bonds is 6. The molecule has 1 aromatic carbocycles. The first-order valence-corrected chi connectivity index (χ1v) is 7.35. The molecule has 0 radical (unpaired) electrons. The first kappa shape index (κ1) is 13.0. The number of halogens is 2.